The molecule has 5 heteroatoms. The number of hydrogen-bond donors (Lipinski definition) is 1. The highest BCUT2D eigenvalue weighted by molar-refractivity contribution is 6.32. The largest absolute Gasteiger partial charge is 0.365 e. The lowest BCUT2D eigenvalue weighted by Gasteiger charge is -2.07. The number of rotatable bonds is 3. The van der Waals surface area contributed by atoms with Crippen LogP contribution < -0.4 is 5.32 Å². The zero-order valence-electron chi connectivity index (χ0n) is 8.32. The lowest BCUT2D eigenvalue weighted by molar-refractivity contribution is 1.08. The Morgan fingerprint density at radius 1 is 1.12 bits per heavy atom. The first kappa shape index (κ1) is 11.2. The van der Waals surface area contributed by atoms with Crippen molar-refractivity contribution in [2.24, 2.45) is 0 Å². The van der Waals surface area contributed by atoms with Gasteiger partial charge < -0.3 is 5.32 Å². The maximum absolute atomic E-state index is 6.02. The zero-order valence-corrected chi connectivity index (χ0v) is 9.83. The van der Waals surface area contributed by atoms with Crippen LogP contribution in [-0.2, 0) is 6.54 Å². The summed E-state index contributed by atoms with van der Waals surface area (Å²) < 4.78 is 0. The summed E-state index contributed by atoms with van der Waals surface area (Å²) in [7, 11) is 0. The van der Waals surface area contributed by atoms with Gasteiger partial charge in [0.05, 0.1) is 6.20 Å². The van der Waals surface area contributed by atoms with E-state index in [-0.39, 0.29) is 0 Å². The minimum Gasteiger partial charge on any atom is -0.365 e. The van der Waals surface area contributed by atoms with Crippen LogP contribution in [-0.4, -0.2) is 9.97 Å². The molecule has 0 atom stereocenters. The van der Waals surface area contributed by atoms with Crippen molar-refractivity contribution < 1.29 is 0 Å². The van der Waals surface area contributed by atoms with Gasteiger partial charge in [-0.3, -0.25) is 0 Å². The summed E-state index contributed by atoms with van der Waals surface area (Å²) in [6.45, 7) is 0.580. The summed E-state index contributed by atoms with van der Waals surface area (Å²) in [6, 6.07) is 7.62. The molecule has 0 saturated carbocycles. The van der Waals surface area contributed by atoms with Crippen LogP contribution in [0, 0.1) is 0 Å². The summed E-state index contributed by atoms with van der Waals surface area (Å²) in [4.78, 5) is 7.83. The number of nitrogens with one attached hydrogen (secondary N) is 1. The fourth-order valence-corrected chi connectivity index (χ4v) is 1.64. The number of anilines is 1. The Labute approximate surface area is 103 Å². The minimum absolute atomic E-state index is 0.495. The highest BCUT2D eigenvalue weighted by Gasteiger charge is 2.02. The van der Waals surface area contributed by atoms with Crippen molar-refractivity contribution in [1.29, 1.82) is 0 Å². The molecule has 3 nitrogen and oxygen atoms in total. The van der Waals surface area contributed by atoms with Crippen LogP contribution in [0.4, 0.5) is 5.82 Å². The molecule has 0 saturated heterocycles. The van der Waals surface area contributed by atoms with Crippen molar-refractivity contribution in [3.05, 3.63) is 52.4 Å². The SMILES string of the molecule is Clc1ccccc1CNc1ncncc1Cl. The van der Waals surface area contributed by atoms with Gasteiger partial charge in [-0.2, -0.15) is 0 Å². The third-order valence-corrected chi connectivity index (χ3v) is 2.72. The molecule has 0 aliphatic carbocycles. The fourth-order valence-electron chi connectivity index (χ4n) is 1.26. The maximum atomic E-state index is 6.02. The first-order valence-corrected chi connectivity index (χ1v) is 5.46. The third kappa shape index (κ3) is 2.62. The lowest BCUT2D eigenvalue weighted by Crippen LogP contribution is -2.02. The van der Waals surface area contributed by atoms with Crippen LogP contribution in [0.25, 0.3) is 0 Å². The number of benzene rings is 1. The first-order chi connectivity index (χ1) is 7.77. The van der Waals surface area contributed by atoms with Crippen molar-refractivity contribution in [2.75, 3.05) is 5.32 Å². The van der Waals surface area contributed by atoms with E-state index in [0.717, 1.165) is 10.6 Å². The normalized spacial score (nSPS) is 10.1. The molecule has 1 aromatic heterocycles. The quantitative estimate of drug-likeness (QED) is 0.912. The van der Waals surface area contributed by atoms with E-state index in [1.165, 1.54) is 6.33 Å². The average Bonchev–Trinajstić information content (AvgIpc) is 2.30. The molecule has 0 unspecified atom stereocenters. The van der Waals surface area contributed by atoms with Gasteiger partial charge in [0.25, 0.3) is 0 Å². The molecular formula is C11H9Cl2N3. The van der Waals surface area contributed by atoms with Gasteiger partial charge in [0.1, 0.15) is 17.2 Å². The molecule has 16 heavy (non-hydrogen) atoms. The molecule has 0 fully saturated rings. The third-order valence-electron chi connectivity index (χ3n) is 2.07. The van der Waals surface area contributed by atoms with Crippen LogP contribution in [0.15, 0.2) is 36.8 Å². The second kappa shape index (κ2) is 5.14. The second-order valence-corrected chi connectivity index (χ2v) is 3.98. The molecule has 0 aliphatic heterocycles. The van der Waals surface area contributed by atoms with Crippen LogP contribution in [0.3, 0.4) is 0 Å². The van der Waals surface area contributed by atoms with Crippen LogP contribution in [0.5, 0.6) is 0 Å². The van der Waals surface area contributed by atoms with Gasteiger partial charge in [-0.25, -0.2) is 9.97 Å². The standard InChI is InChI=1S/C11H9Cl2N3/c12-9-4-2-1-3-8(9)5-15-11-10(13)6-14-7-16-11/h1-4,6-7H,5H2,(H,14,15,16). The summed E-state index contributed by atoms with van der Waals surface area (Å²) in [5.74, 6) is 0.608. The number of aromatic nitrogens is 2. The van der Waals surface area contributed by atoms with E-state index < -0.39 is 0 Å². The molecular weight excluding hydrogens is 245 g/mol. The Hall–Kier alpha value is -1.32. The van der Waals surface area contributed by atoms with E-state index in [1.54, 1.807) is 6.20 Å². The average molecular weight is 254 g/mol. The van der Waals surface area contributed by atoms with Gasteiger partial charge in [-0.15, -0.1) is 0 Å². The first-order valence-electron chi connectivity index (χ1n) is 4.70. The van der Waals surface area contributed by atoms with E-state index in [1.807, 2.05) is 24.3 Å². The maximum Gasteiger partial charge on any atom is 0.148 e. The van der Waals surface area contributed by atoms with Gasteiger partial charge in [-0.05, 0) is 11.6 Å². The van der Waals surface area contributed by atoms with Gasteiger partial charge in [-0.1, -0.05) is 41.4 Å². The fraction of sp³-hybridized carbons (Fsp3) is 0.0909. The monoisotopic (exact) mass is 253 g/mol. The van der Waals surface area contributed by atoms with Gasteiger partial charge in [0, 0.05) is 11.6 Å². The van der Waals surface area contributed by atoms with E-state index in [2.05, 4.69) is 15.3 Å². The summed E-state index contributed by atoms with van der Waals surface area (Å²) in [5.41, 5.74) is 0.999. The lowest BCUT2D eigenvalue weighted by atomic mass is 10.2. The highest BCUT2D eigenvalue weighted by atomic mass is 35.5. The molecule has 0 aliphatic rings. The van der Waals surface area contributed by atoms with E-state index in [9.17, 15) is 0 Å². The minimum atomic E-state index is 0.495. The Balaban J connectivity index is 2.09. The van der Waals surface area contributed by atoms with Crippen molar-refractivity contribution in [3.8, 4) is 0 Å². The molecule has 2 aromatic rings. The van der Waals surface area contributed by atoms with Gasteiger partial charge in [0.2, 0.25) is 0 Å². The van der Waals surface area contributed by atoms with Crippen molar-refractivity contribution >= 4 is 29.0 Å². The summed E-state index contributed by atoms with van der Waals surface area (Å²) in [5, 5.41) is 4.32. The molecule has 0 radical (unpaired) electrons. The molecule has 82 valence electrons. The molecule has 1 N–H and O–H groups in total. The Morgan fingerprint density at radius 3 is 2.69 bits per heavy atom. The number of nitrogens with zero attached hydrogens (tertiary/aromatic N) is 2. The molecule has 0 bridgehead atoms. The molecule has 1 aromatic carbocycles. The van der Waals surface area contributed by atoms with Gasteiger partial charge in [0.15, 0.2) is 0 Å². The Morgan fingerprint density at radius 2 is 1.94 bits per heavy atom. The van der Waals surface area contributed by atoms with Crippen molar-refractivity contribution in [2.45, 2.75) is 6.54 Å². The predicted octanol–water partition coefficient (Wildman–Crippen LogP) is 3.40. The Bertz CT molecular complexity index is 443. The van der Waals surface area contributed by atoms with Crippen molar-refractivity contribution in [3.63, 3.8) is 0 Å². The van der Waals surface area contributed by atoms with E-state index in [4.69, 9.17) is 23.2 Å². The number of hydrogen-bond acceptors (Lipinski definition) is 3. The molecule has 2 rings (SSSR count). The zero-order chi connectivity index (χ0) is 11.4. The van der Waals surface area contributed by atoms with Gasteiger partial charge >= 0.3 is 0 Å². The van der Waals surface area contributed by atoms with Crippen molar-refractivity contribution in [1.82, 2.24) is 9.97 Å². The highest BCUT2D eigenvalue weighted by Crippen LogP contribution is 2.19. The second-order valence-electron chi connectivity index (χ2n) is 3.16. The summed E-state index contributed by atoms with van der Waals surface area (Å²) in [6.07, 6.45) is 2.99. The van der Waals surface area contributed by atoms with E-state index >= 15 is 0 Å². The summed E-state index contributed by atoms with van der Waals surface area (Å²) >= 11 is 11.9. The Kier molecular flexibility index (Phi) is 3.59. The molecule has 0 spiro atoms. The topological polar surface area (TPSA) is 37.8 Å². The van der Waals surface area contributed by atoms with Crippen LogP contribution in [0.1, 0.15) is 5.56 Å². The van der Waals surface area contributed by atoms with E-state index in [0.29, 0.717) is 17.4 Å². The van der Waals surface area contributed by atoms with Crippen LogP contribution in [0.2, 0.25) is 10.0 Å². The predicted molar refractivity (Wildman–Crippen MR) is 65.8 cm³/mol. The molecule has 0 amide bonds. The number of halogens is 2. The van der Waals surface area contributed by atoms with Crippen LogP contribution >= 0.6 is 23.2 Å². The smallest absolute Gasteiger partial charge is 0.148 e. The molecule has 1 heterocycles.